The molecule has 178 valence electrons. The number of nitro groups is 1. The summed E-state index contributed by atoms with van der Waals surface area (Å²) in [5, 5.41) is 14.8. The summed E-state index contributed by atoms with van der Waals surface area (Å²) < 4.78 is 6.59. The molecule has 0 aliphatic rings. The fourth-order valence-electron chi connectivity index (χ4n) is 3.56. The predicted molar refractivity (Wildman–Crippen MR) is 136 cm³/mol. The number of para-hydroxylation sites is 1. The van der Waals surface area contributed by atoms with Crippen molar-refractivity contribution in [1.29, 1.82) is 0 Å². The molecule has 10 heteroatoms. The highest BCUT2D eigenvalue weighted by Gasteiger charge is 2.19. The number of methoxy groups -OCH3 is 1. The van der Waals surface area contributed by atoms with E-state index in [1.54, 1.807) is 31.2 Å². The number of thioether (sulfide) groups is 1. The first-order valence-corrected chi connectivity index (χ1v) is 11.6. The van der Waals surface area contributed by atoms with Crippen LogP contribution in [0.25, 0.3) is 16.6 Å². The van der Waals surface area contributed by atoms with Gasteiger partial charge in [0.1, 0.15) is 0 Å². The molecule has 1 N–H and O–H groups in total. The monoisotopic (exact) mass is 490 g/mol. The van der Waals surface area contributed by atoms with E-state index >= 15 is 0 Å². The zero-order chi connectivity index (χ0) is 25.1. The molecule has 9 nitrogen and oxygen atoms in total. The standard InChI is InChI=1S/C25H22N4O5S/c1-15-8-10-17(11-9-15)28-24(31)18-6-4-5-7-19(18)27-25(28)35-14-23(30)26-20-13-22(34-3)21(29(32)33)12-16(20)2/h4-13H,14H2,1-3H3,(H,26,30). The number of aryl methyl sites for hydroxylation is 2. The van der Waals surface area contributed by atoms with E-state index < -0.39 is 4.92 Å². The summed E-state index contributed by atoms with van der Waals surface area (Å²) in [6.07, 6.45) is 0. The summed E-state index contributed by atoms with van der Waals surface area (Å²) in [6.45, 7) is 3.62. The van der Waals surface area contributed by atoms with Crippen LogP contribution in [0.1, 0.15) is 11.1 Å². The van der Waals surface area contributed by atoms with Gasteiger partial charge in [-0.1, -0.05) is 41.6 Å². The van der Waals surface area contributed by atoms with Crippen molar-refractivity contribution in [1.82, 2.24) is 9.55 Å². The molecule has 0 spiro atoms. The SMILES string of the molecule is COc1cc(NC(=O)CSc2nc3ccccc3c(=O)n2-c2ccc(C)cc2)c(C)cc1[N+](=O)[O-]. The molecule has 0 unspecified atom stereocenters. The van der Waals surface area contributed by atoms with Crippen molar-refractivity contribution >= 4 is 39.9 Å². The van der Waals surface area contributed by atoms with Crippen molar-refractivity contribution in [2.45, 2.75) is 19.0 Å². The maximum atomic E-state index is 13.3. The van der Waals surface area contributed by atoms with Gasteiger partial charge >= 0.3 is 5.69 Å². The van der Waals surface area contributed by atoms with Crippen molar-refractivity contribution < 1.29 is 14.5 Å². The number of anilines is 1. The van der Waals surface area contributed by atoms with Gasteiger partial charge in [0.05, 0.1) is 34.4 Å². The zero-order valence-corrected chi connectivity index (χ0v) is 20.1. The maximum Gasteiger partial charge on any atom is 0.311 e. The molecular weight excluding hydrogens is 468 g/mol. The van der Waals surface area contributed by atoms with E-state index in [0.717, 1.165) is 17.3 Å². The Morgan fingerprint density at radius 2 is 1.86 bits per heavy atom. The van der Waals surface area contributed by atoms with Gasteiger partial charge in [0, 0.05) is 17.8 Å². The maximum absolute atomic E-state index is 13.3. The molecule has 4 rings (SSSR count). The van der Waals surface area contributed by atoms with E-state index in [2.05, 4.69) is 10.3 Å². The lowest BCUT2D eigenvalue weighted by molar-refractivity contribution is -0.385. The fourth-order valence-corrected chi connectivity index (χ4v) is 4.37. The van der Waals surface area contributed by atoms with E-state index in [1.165, 1.54) is 23.8 Å². The van der Waals surface area contributed by atoms with Gasteiger partial charge in [-0.2, -0.15) is 0 Å². The number of hydrogen-bond donors (Lipinski definition) is 1. The summed E-state index contributed by atoms with van der Waals surface area (Å²) in [5.74, 6) is -0.338. The normalized spacial score (nSPS) is 10.8. The van der Waals surface area contributed by atoms with Gasteiger partial charge in [-0.25, -0.2) is 4.98 Å². The van der Waals surface area contributed by atoms with Crippen LogP contribution in [0.3, 0.4) is 0 Å². The van der Waals surface area contributed by atoms with Crippen molar-refractivity contribution in [3.05, 3.63) is 92.3 Å². The number of fused-ring (bicyclic) bond motifs is 1. The van der Waals surface area contributed by atoms with Crippen LogP contribution < -0.4 is 15.6 Å². The predicted octanol–water partition coefficient (Wildman–Crippen LogP) is 4.65. The Hall–Kier alpha value is -4.18. The van der Waals surface area contributed by atoms with Crippen LogP contribution in [-0.2, 0) is 4.79 Å². The van der Waals surface area contributed by atoms with Crippen LogP contribution >= 0.6 is 11.8 Å². The van der Waals surface area contributed by atoms with Gasteiger partial charge in [-0.05, 0) is 43.7 Å². The highest BCUT2D eigenvalue weighted by Crippen LogP contribution is 2.33. The molecule has 0 fully saturated rings. The summed E-state index contributed by atoms with van der Waals surface area (Å²) in [4.78, 5) is 41.4. The Balaban J connectivity index is 1.63. The number of ether oxygens (including phenoxy) is 1. The zero-order valence-electron chi connectivity index (χ0n) is 19.3. The molecule has 35 heavy (non-hydrogen) atoms. The van der Waals surface area contributed by atoms with E-state index in [4.69, 9.17) is 4.74 Å². The van der Waals surface area contributed by atoms with Crippen molar-refractivity contribution in [2.75, 3.05) is 18.2 Å². The number of benzene rings is 3. The molecule has 0 saturated carbocycles. The topological polar surface area (TPSA) is 116 Å². The minimum absolute atomic E-state index is 0.0324. The number of amides is 1. The third-order valence-electron chi connectivity index (χ3n) is 5.37. The number of nitrogens with one attached hydrogen (secondary N) is 1. The van der Waals surface area contributed by atoms with Crippen LogP contribution in [0, 0.1) is 24.0 Å². The summed E-state index contributed by atoms with van der Waals surface area (Å²) in [6, 6.07) is 17.3. The Morgan fingerprint density at radius 3 is 2.54 bits per heavy atom. The van der Waals surface area contributed by atoms with Crippen molar-refractivity contribution in [3.8, 4) is 11.4 Å². The minimum Gasteiger partial charge on any atom is -0.490 e. The fraction of sp³-hybridized carbons (Fsp3) is 0.160. The van der Waals surface area contributed by atoms with E-state index in [9.17, 15) is 19.7 Å². The van der Waals surface area contributed by atoms with Crippen LogP contribution in [0.15, 0.2) is 70.6 Å². The number of carbonyl (C=O) groups is 1. The second kappa shape index (κ2) is 9.98. The van der Waals surface area contributed by atoms with Crippen LogP contribution in [0.2, 0.25) is 0 Å². The number of hydrogen-bond acceptors (Lipinski definition) is 7. The second-order valence-electron chi connectivity index (χ2n) is 7.82. The van der Waals surface area contributed by atoms with E-state index in [1.807, 2.05) is 31.2 Å². The van der Waals surface area contributed by atoms with Gasteiger partial charge in [0.25, 0.3) is 5.56 Å². The van der Waals surface area contributed by atoms with Crippen LogP contribution in [0.5, 0.6) is 5.75 Å². The lowest BCUT2D eigenvalue weighted by atomic mass is 10.1. The second-order valence-corrected chi connectivity index (χ2v) is 8.76. The van der Waals surface area contributed by atoms with Crippen LogP contribution in [-0.4, -0.2) is 33.2 Å². The first kappa shape index (κ1) is 24.0. The highest BCUT2D eigenvalue weighted by atomic mass is 32.2. The third kappa shape index (κ3) is 5.02. The molecule has 0 radical (unpaired) electrons. The van der Waals surface area contributed by atoms with Crippen LogP contribution in [0.4, 0.5) is 11.4 Å². The van der Waals surface area contributed by atoms with E-state index in [0.29, 0.717) is 33.0 Å². The van der Waals surface area contributed by atoms with Gasteiger partial charge in [-0.15, -0.1) is 0 Å². The highest BCUT2D eigenvalue weighted by molar-refractivity contribution is 7.99. The number of aromatic nitrogens is 2. The number of carbonyl (C=O) groups excluding carboxylic acids is 1. The molecule has 0 atom stereocenters. The molecule has 0 aliphatic heterocycles. The molecule has 4 aromatic rings. The summed E-state index contributed by atoms with van der Waals surface area (Å²) >= 11 is 1.13. The van der Waals surface area contributed by atoms with E-state index in [-0.39, 0.29) is 28.7 Å². The molecule has 1 heterocycles. The molecule has 0 aliphatic carbocycles. The minimum atomic E-state index is -0.539. The van der Waals surface area contributed by atoms with Gasteiger partial charge in [-0.3, -0.25) is 24.3 Å². The number of rotatable bonds is 7. The molecule has 0 bridgehead atoms. The van der Waals surface area contributed by atoms with Gasteiger partial charge in [0.2, 0.25) is 5.91 Å². The largest absolute Gasteiger partial charge is 0.490 e. The number of nitrogens with zero attached hydrogens (tertiary/aromatic N) is 3. The third-order valence-corrected chi connectivity index (χ3v) is 6.30. The Labute approximate surface area is 204 Å². The summed E-state index contributed by atoms with van der Waals surface area (Å²) in [5.41, 5.74) is 2.77. The Morgan fingerprint density at radius 1 is 1.14 bits per heavy atom. The Kier molecular flexibility index (Phi) is 6.83. The lowest BCUT2D eigenvalue weighted by Crippen LogP contribution is -2.23. The molecule has 0 saturated heterocycles. The average molecular weight is 491 g/mol. The van der Waals surface area contributed by atoms with Crippen molar-refractivity contribution in [2.24, 2.45) is 0 Å². The summed E-state index contributed by atoms with van der Waals surface area (Å²) in [7, 11) is 1.33. The molecule has 1 amide bonds. The van der Waals surface area contributed by atoms with Crippen molar-refractivity contribution in [3.63, 3.8) is 0 Å². The smallest absolute Gasteiger partial charge is 0.311 e. The average Bonchev–Trinajstić information content (AvgIpc) is 2.84. The molecule has 3 aromatic carbocycles. The molecular formula is C25H22N4O5S. The Bertz CT molecular complexity index is 1500. The quantitative estimate of drug-likeness (QED) is 0.173. The molecule has 1 aromatic heterocycles. The van der Waals surface area contributed by atoms with Gasteiger partial charge < -0.3 is 10.1 Å². The number of nitro benzene ring substituents is 1. The van der Waals surface area contributed by atoms with Gasteiger partial charge in [0.15, 0.2) is 10.9 Å². The first-order valence-electron chi connectivity index (χ1n) is 10.6. The first-order chi connectivity index (χ1) is 16.8. The lowest BCUT2D eigenvalue weighted by Gasteiger charge is -2.14.